The second kappa shape index (κ2) is 5.64. The maximum Gasteiger partial charge on any atom is 0.259 e. The number of rotatable bonds is 3. The molecule has 0 aromatic carbocycles. The van der Waals surface area contributed by atoms with E-state index in [9.17, 15) is 0 Å². The summed E-state index contributed by atoms with van der Waals surface area (Å²) in [4.78, 5) is 10.6. The van der Waals surface area contributed by atoms with Crippen molar-refractivity contribution in [3.63, 3.8) is 0 Å². The van der Waals surface area contributed by atoms with Gasteiger partial charge in [0.2, 0.25) is 0 Å². The summed E-state index contributed by atoms with van der Waals surface area (Å²) in [5, 5.41) is 7.82. The summed E-state index contributed by atoms with van der Waals surface area (Å²) in [7, 11) is 0. The fraction of sp³-hybridized carbons (Fsp3) is 0.417. The Labute approximate surface area is 115 Å². The van der Waals surface area contributed by atoms with E-state index in [-0.39, 0.29) is 0 Å². The fourth-order valence-corrected chi connectivity index (χ4v) is 2.25. The summed E-state index contributed by atoms with van der Waals surface area (Å²) < 4.78 is 5.26. The van der Waals surface area contributed by atoms with E-state index < -0.39 is 0 Å². The minimum absolute atomic E-state index is 0.442. The molecule has 7 heteroatoms. The predicted molar refractivity (Wildman–Crippen MR) is 70.7 cm³/mol. The molecular weight excluding hydrogens is 266 g/mol. The largest absolute Gasteiger partial charge is 0.334 e. The fourth-order valence-electron chi connectivity index (χ4n) is 2.05. The van der Waals surface area contributed by atoms with Gasteiger partial charge in [-0.05, 0) is 6.07 Å². The van der Waals surface area contributed by atoms with Gasteiger partial charge in [-0.25, -0.2) is 0 Å². The first-order valence-electron chi connectivity index (χ1n) is 6.18. The summed E-state index contributed by atoms with van der Waals surface area (Å²) in [5.74, 6) is 1.13. The molecule has 3 heterocycles. The van der Waals surface area contributed by atoms with Crippen molar-refractivity contribution in [2.24, 2.45) is 0 Å². The topological polar surface area (TPSA) is 67.1 Å². The monoisotopic (exact) mass is 279 g/mol. The molecule has 19 heavy (non-hydrogen) atoms. The zero-order valence-corrected chi connectivity index (χ0v) is 11.1. The molecular formula is C12H14ClN5O. The smallest absolute Gasteiger partial charge is 0.259 e. The van der Waals surface area contributed by atoms with E-state index in [1.54, 1.807) is 18.5 Å². The Hall–Kier alpha value is -1.50. The average molecular weight is 280 g/mol. The van der Waals surface area contributed by atoms with Crippen LogP contribution >= 0.6 is 11.6 Å². The van der Waals surface area contributed by atoms with Gasteiger partial charge in [0.25, 0.3) is 5.89 Å². The number of aromatic nitrogens is 3. The van der Waals surface area contributed by atoms with Crippen molar-refractivity contribution in [2.75, 3.05) is 26.2 Å². The molecule has 0 spiro atoms. The number of hydrogen-bond donors (Lipinski definition) is 1. The molecule has 1 N–H and O–H groups in total. The van der Waals surface area contributed by atoms with Crippen LogP contribution in [0.3, 0.4) is 0 Å². The summed E-state index contributed by atoms with van der Waals surface area (Å²) in [6.07, 6.45) is 3.22. The van der Waals surface area contributed by atoms with Crippen molar-refractivity contribution in [2.45, 2.75) is 6.54 Å². The van der Waals surface area contributed by atoms with E-state index in [0.29, 0.717) is 23.3 Å². The van der Waals surface area contributed by atoms with Crippen LogP contribution in [0.4, 0.5) is 0 Å². The SMILES string of the molecule is Clc1cnccc1-c1nc(CN2CCNCC2)no1. The summed E-state index contributed by atoms with van der Waals surface area (Å²) >= 11 is 6.05. The number of piperazine rings is 1. The second-order valence-electron chi connectivity index (χ2n) is 4.40. The molecule has 1 saturated heterocycles. The molecule has 0 radical (unpaired) electrons. The van der Waals surface area contributed by atoms with Crippen LogP contribution in [-0.4, -0.2) is 46.2 Å². The number of hydrogen-bond acceptors (Lipinski definition) is 6. The Morgan fingerprint density at radius 1 is 1.37 bits per heavy atom. The average Bonchev–Trinajstić information content (AvgIpc) is 2.89. The van der Waals surface area contributed by atoms with E-state index in [2.05, 4.69) is 25.3 Å². The van der Waals surface area contributed by atoms with Crippen LogP contribution < -0.4 is 5.32 Å². The maximum atomic E-state index is 6.05. The number of pyridine rings is 1. The van der Waals surface area contributed by atoms with Gasteiger partial charge in [-0.2, -0.15) is 4.98 Å². The van der Waals surface area contributed by atoms with Crippen LogP contribution in [0.15, 0.2) is 23.0 Å². The summed E-state index contributed by atoms with van der Waals surface area (Å²) in [6, 6.07) is 1.77. The molecule has 100 valence electrons. The van der Waals surface area contributed by atoms with Crippen molar-refractivity contribution in [3.05, 3.63) is 29.3 Å². The Kier molecular flexibility index (Phi) is 3.72. The Bertz CT molecular complexity index is 553. The first kappa shape index (κ1) is 12.5. The first-order valence-corrected chi connectivity index (χ1v) is 6.56. The standard InChI is InChI=1S/C12H14ClN5O/c13-10-7-15-2-1-9(10)12-16-11(17-19-12)8-18-5-3-14-4-6-18/h1-2,7,14H,3-6,8H2. The van der Waals surface area contributed by atoms with Crippen LogP contribution in [0.2, 0.25) is 5.02 Å². The minimum atomic E-state index is 0.442. The highest BCUT2D eigenvalue weighted by atomic mass is 35.5. The van der Waals surface area contributed by atoms with E-state index in [1.165, 1.54) is 0 Å². The normalized spacial score (nSPS) is 16.7. The van der Waals surface area contributed by atoms with E-state index in [4.69, 9.17) is 16.1 Å². The number of halogens is 1. The molecule has 2 aromatic rings. The first-order chi connectivity index (χ1) is 9.33. The Morgan fingerprint density at radius 2 is 2.21 bits per heavy atom. The molecule has 0 unspecified atom stereocenters. The van der Waals surface area contributed by atoms with Gasteiger partial charge >= 0.3 is 0 Å². The van der Waals surface area contributed by atoms with Crippen LogP contribution in [0.25, 0.3) is 11.5 Å². The molecule has 3 rings (SSSR count). The molecule has 2 aromatic heterocycles. The lowest BCUT2D eigenvalue weighted by molar-refractivity contribution is 0.225. The van der Waals surface area contributed by atoms with Crippen molar-refractivity contribution >= 4 is 11.6 Å². The third-order valence-corrected chi connectivity index (χ3v) is 3.35. The zero-order valence-electron chi connectivity index (χ0n) is 10.3. The summed E-state index contributed by atoms with van der Waals surface area (Å²) in [6.45, 7) is 4.70. The van der Waals surface area contributed by atoms with Gasteiger partial charge in [-0.1, -0.05) is 16.8 Å². The lowest BCUT2D eigenvalue weighted by Crippen LogP contribution is -2.43. The lowest BCUT2D eigenvalue weighted by atomic mass is 10.3. The highest BCUT2D eigenvalue weighted by Gasteiger charge is 2.16. The molecule has 6 nitrogen and oxygen atoms in total. The molecule has 1 aliphatic heterocycles. The molecule has 0 atom stereocenters. The van der Waals surface area contributed by atoms with Crippen molar-refractivity contribution in [1.29, 1.82) is 0 Å². The van der Waals surface area contributed by atoms with Crippen LogP contribution in [0, 0.1) is 0 Å². The molecule has 1 fully saturated rings. The van der Waals surface area contributed by atoms with Crippen LogP contribution in [0.5, 0.6) is 0 Å². The van der Waals surface area contributed by atoms with Crippen molar-refractivity contribution < 1.29 is 4.52 Å². The van der Waals surface area contributed by atoms with E-state index in [0.717, 1.165) is 31.7 Å². The van der Waals surface area contributed by atoms with Crippen molar-refractivity contribution in [3.8, 4) is 11.5 Å². The molecule has 0 amide bonds. The Balaban J connectivity index is 1.74. The van der Waals surface area contributed by atoms with Gasteiger partial charge in [0, 0.05) is 38.6 Å². The van der Waals surface area contributed by atoms with Gasteiger partial charge in [-0.15, -0.1) is 0 Å². The van der Waals surface area contributed by atoms with Gasteiger partial charge < -0.3 is 9.84 Å². The predicted octanol–water partition coefficient (Wildman–Crippen LogP) is 1.19. The van der Waals surface area contributed by atoms with Crippen LogP contribution in [0.1, 0.15) is 5.82 Å². The van der Waals surface area contributed by atoms with Crippen molar-refractivity contribution in [1.82, 2.24) is 25.3 Å². The maximum absolute atomic E-state index is 6.05. The molecule has 0 saturated carbocycles. The minimum Gasteiger partial charge on any atom is -0.334 e. The second-order valence-corrected chi connectivity index (χ2v) is 4.80. The summed E-state index contributed by atoms with van der Waals surface area (Å²) in [5.41, 5.74) is 0.718. The third kappa shape index (κ3) is 2.91. The lowest BCUT2D eigenvalue weighted by Gasteiger charge is -2.25. The quantitative estimate of drug-likeness (QED) is 0.910. The number of nitrogens with zero attached hydrogens (tertiary/aromatic N) is 4. The van der Waals surface area contributed by atoms with E-state index >= 15 is 0 Å². The Morgan fingerprint density at radius 3 is 3.00 bits per heavy atom. The van der Waals surface area contributed by atoms with E-state index in [1.807, 2.05) is 0 Å². The molecule has 0 bridgehead atoms. The zero-order chi connectivity index (χ0) is 13.1. The highest BCUT2D eigenvalue weighted by Crippen LogP contribution is 2.25. The molecule has 0 aliphatic carbocycles. The van der Waals surface area contributed by atoms with Gasteiger partial charge in [0.1, 0.15) is 0 Å². The highest BCUT2D eigenvalue weighted by molar-refractivity contribution is 6.32. The van der Waals surface area contributed by atoms with Gasteiger partial charge in [0.15, 0.2) is 5.82 Å². The number of nitrogens with one attached hydrogen (secondary N) is 1. The van der Waals surface area contributed by atoms with Gasteiger partial charge in [0.05, 0.1) is 17.1 Å². The molecule has 1 aliphatic rings. The third-order valence-electron chi connectivity index (χ3n) is 3.05. The van der Waals surface area contributed by atoms with Gasteiger partial charge in [-0.3, -0.25) is 9.88 Å². The van der Waals surface area contributed by atoms with Crippen LogP contribution in [-0.2, 0) is 6.54 Å².